The minimum atomic E-state index is -1.12. The lowest BCUT2D eigenvalue weighted by Gasteiger charge is -2.17. The Morgan fingerprint density at radius 2 is 1.89 bits per heavy atom. The quantitative estimate of drug-likeness (QED) is 0.351. The van der Waals surface area contributed by atoms with Crippen molar-refractivity contribution in [2.24, 2.45) is 0 Å². The third-order valence-electron chi connectivity index (χ3n) is 6.49. The molecule has 4 atom stereocenters. The van der Waals surface area contributed by atoms with Crippen molar-refractivity contribution in [1.82, 2.24) is 24.5 Å². The molecule has 0 aliphatic carbocycles. The molecule has 0 spiro atoms. The fourth-order valence-corrected chi connectivity index (χ4v) is 5.71. The number of nitrogens with zero attached hydrogens (tertiary/aromatic N) is 5. The number of thioether (sulfide) groups is 1. The number of nitrogen functional groups attached to an aromatic ring is 1. The summed E-state index contributed by atoms with van der Waals surface area (Å²) in [6, 6.07) is 7.51. The minimum Gasteiger partial charge on any atom is -0.454 e. The van der Waals surface area contributed by atoms with Crippen molar-refractivity contribution in [2.75, 3.05) is 18.3 Å². The smallest absolute Gasteiger partial charge is 0.231 e. The Kier molecular flexibility index (Phi) is 5.88. The molecule has 186 valence electrons. The molecule has 1 saturated heterocycles. The summed E-state index contributed by atoms with van der Waals surface area (Å²) >= 11 is 1.58. The highest BCUT2D eigenvalue weighted by Crippen LogP contribution is 2.38. The van der Waals surface area contributed by atoms with Gasteiger partial charge in [0, 0.05) is 34.5 Å². The van der Waals surface area contributed by atoms with Crippen LogP contribution in [0.3, 0.4) is 0 Å². The number of aromatic nitrogens is 5. The Morgan fingerprint density at radius 1 is 1.06 bits per heavy atom. The van der Waals surface area contributed by atoms with Gasteiger partial charge < -0.3 is 34.7 Å². The molecule has 12 heteroatoms. The third-order valence-corrected chi connectivity index (χ3v) is 7.54. The first-order valence-corrected chi connectivity index (χ1v) is 12.5. The number of hydrogen-bond donors (Lipinski definition) is 3. The van der Waals surface area contributed by atoms with Gasteiger partial charge in [-0.2, -0.15) is 11.8 Å². The average Bonchev–Trinajstić information content (AvgIpc) is 3.59. The van der Waals surface area contributed by atoms with Crippen molar-refractivity contribution < 1.29 is 24.4 Å². The summed E-state index contributed by atoms with van der Waals surface area (Å²) in [6.45, 7) is 2.15. The number of anilines is 1. The highest BCUT2D eigenvalue weighted by Gasteiger charge is 2.44. The van der Waals surface area contributed by atoms with E-state index in [9.17, 15) is 10.2 Å². The predicted octanol–water partition coefficient (Wildman–Crippen LogP) is 2.06. The van der Waals surface area contributed by atoms with Gasteiger partial charge in [0.1, 0.15) is 36.3 Å². The van der Waals surface area contributed by atoms with E-state index in [0.717, 1.165) is 22.5 Å². The molecule has 0 bridgehead atoms. The SMILES string of the molecule is Cc1ncnc(-c2ccc3c(c2)OCO3)c1CSC[C@H]1O[C@@H](n2ccc3c(N)ncnc32)[C@H](O)[C@@H]1O. The Bertz CT molecular complexity index is 1430. The Balaban J connectivity index is 1.17. The highest BCUT2D eigenvalue weighted by atomic mass is 32.2. The highest BCUT2D eigenvalue weighted by molar-refractivity contribution is 7.98. The standard InChI is InChI=1S/C24H24N6O5S/c1-12-15(19(27-9-26-12)13-2-3-16-17(6-13)34-11-33-16)7-36-8-18-20(31)21(32)24(35-18)30-5-4-14-22(25)28-10-29-23(14)30/h2-6,9-10,18,20-21,24,31-32H,7-8,11H2,1H3,(H2,25,28,29)/t18-,20-,21-,24-/m1/s1. The topological polar surface area (TPSA) is 151 Å². The van der Waals surface area contributed by atoms with Gasteiger partial charge in [-0.1, -0.05) is 0 Å². The van der Waals surface area contributed by atoms with E-state index in [4.69, 9.17) is 19.9 Å². The largest absolute Gasteiger partial charge is 0.454 e. The van der Waals surface area contributed by atoms with Crippen molar-refractivity contribution in [3.05, 3.63) is 54.4 Å². The van der Waals surface area contributed by atoms with E-state index in [1.54, 1.807) is 34.9 Å². The van der Waals surface area contributed by atoms with Gasteiger partial charge in [-0.3, -0.25) is 0 Å². The summed E-state index contributed by atoms with van der Waals surface area (Å²) in [6.07, 6.45) is 1.10. The number of aliphatic hydroxyl groups is 2. The zero-order valence-electron chi connectivity index (χ0n) is 19.3. The van der Waals surface area contributed by atoms with Crippen molar-refractivity contribution in [2.45, 2.75) is 37.2 Å². The van der Waals surface area contributed by atoms with Crippen LogP contribution in [0.1, 0.15) is 17.5 Å². The summed E-state index contributed by atoms with van der Waals surface area (Å²) in [7, 11) is 0. The minimum absolute atomic E-state index is 0.208. The van der Waals surface area contributed by atoms with Gasteiger partial charge in [-0.25, -0.2) is 19.9 Å². The zero-order chi connectivity index (χ0) is 24.8. The second-order valence-electron chi connectivity index (χ2n) is 8.63. The molecule has 2 aliphatic heterocycles. The average molecular weight is 509 g/mol. The molecular weight excluding hydrogens is 484 g/mol. The summed E-state index contributed by atoms with van der Waals surface area (Å²) in [5, 5.41) is 22.1. The van der Waals surface area contributed by atoms with Crippen LogP contribution < -0.4 is 15.2 Å². The van der Waals surface area contributed by atoms with Gasteiger partial charge >= 0.3 is 0 Å². The molecule has 0 radical (unpaired) electrons. The molecular formula is C24H24N6O5S. The van der Waals surface area contributed by atoms with E-state index in [1.165, 1.54) is 6.33 Å². The Morgan fingerprint density at radius 3 is 2.78 bits per heavy atom. The van der Waals surface area contributed by atoms with Crippen LogP contribution in [0.25, 0.3) is 22.3 Å². The van der Waals surface area contributed by atoms with Crippen molar-refractivity contribution in [3.8, 4) is 22.8 Å². The van der Waals surface area contributed by atoms with Gasteiger partial charge in [0.25, 0.3) is 0 Å². The lowest BCUT2D eigenvalue weighted by atomic mass is 10.1. The van der Waals surface area contributed by atoms with Crippen LogP contribution in [-0.2, 0) is 10.5 Å². The maximum absolute atomic E-state index is 10.7. The molecule has 2 aliphatic rings. The van der Waals surface area contributed by atoms with Crippen LogP contribution in [0, 0.1) is 6.92 Å². The number of rotatable bonds is 6. The summed E-state index contributed by atoms with van der Waals surface area (Å²) in [4.78, 5) is 17.2. The van der Waals surface area contributed by atoms with Crippen LogP contribution in [0.5, 0.6) is 11.5 Å². The van der Waals surface area contributed by atoms with E-state index in [2.05, 4.69) is 19.9 Å². The molecule has 1 fully saturated rings. The van der Waals surface area contributed by atoms with Gasteiger partial charge in [0.15, 0.2) is 17.7 Å². The van der Waals surface area contributed by atoms with Gasteiger partial charge in [0.2, 0.25) is 6.79 Å². The zero-order valence-corrected chi connectivity index (χ0v) is 20.1. The van der Waals surface area contributed by atoms with E-state index in [0.29, 0.717) is 39.9 Å². The van der Waals surface area contributed by atoms with Crippen molar-refractivity contribution in [1.29, 1.82) is 0 Å². The van der Waals surface area contributed by atoms with Crippen LogP contribution in [0.4, 0.5) is 5.82 Å². The molecule has 1 aromatic carbocycles. The fraction of sp³-hybridized carbons (Fsp3) is 0.333. The summed E-state index contributed by atoms with van der Waals surface area (Å²) < 4.78 is 18.7. The first-order valence-electron chi connectivity index (χ1n) is 11.4. The number of nitrogens with two attached hydrogens (primary N) is 1. The summed E-state index contributed by atoms with van der Waals surface area (Å²) in [5.41, 5.74) is 10.0. The molecule has 36 heavy (non-hydrogen) atoms. The fourth-order valence-electron chi connectivity index (χ4n) is 4.54. The first-order chi connectivity index (χ1) is 17.5. The number of fused-ring (bicyclic) bond motifs is 2. The maximum atomic E-state index is 10.7. The normalized spacial score (nSPS) is 23.0. The Hall–Kier alpha value is -3.45. The van der Waals surface area contributed by atoms with Crippen LogP contribution in [0.2, 0.25) is 0 Å². The first kappa shape index (κ1) is 23.0. The number of ether oxygens (including phenoxy) is 3. The second-order valence-corrected chi connectivity index (χ2v) is 9.67. The van der Waals surface area contributed by atoms with Crippen molar-refractivity contribution >= 4 is 28.6 Å². The number of benzene rings is 1. The number of aryl methyl sites for hydroxylation is 1. The molecule has 3 aromatic heterocycles. The molecule has 4 N–H and O–H groups in total. The van der Waals surface area contributed by atoms with Crippen molar-refractivity contribution in [3.63, 3.8) is 0 Å². The molecule has 4 aromatic rings. The molecule has 0 saturated carbocycles. The monoisotopic (exact) mass is 508 g/mol. The van der Waals surface area contributed by atoms with E-state index >= 15 is 0 Å². The van der Waals surface area contributed by atoms with E-state index in [-0.39, 0.29) is 6.79 Å². The number of aliphatic hydroxyl groups excluding tert-OH is 2. The van der Waals surface area contributed by atoms with E-state index in [1.807, 2.05) is 25.1 Å². The molecule has 5 heterocycles. The lowest BCUT2D eigenvalue weighted by Crippen LogP contribution is -2.32. The number of hydrogen-bond acceptors (Lipinski definition) is 11. The maximum Gasteiger partial charge on any atom is 0.231 e. The van der Waals surface area contributed by atoms with E-state index < -0.39 is 24.5 Å². The molecule has 6 rings (SSSR count). The predicted molar refractivity (Wildman–Crippen MR) is 132 cm³/mol. The molecule has 11 nitrogen and oxygen atoms in total. The lowest BCUT2D eigenvalue weighted by molar-refractivity contribution is -0.0285. The second kappa shape index (κ2) is 9.21. The third kappa shape index (κ3) is 3.91. The van der Waals surface area contributed by atoms with Crippen LogP contribution in [0.15, 0.2) is 43.1 Å². The molecule has 0 unspecified atom stereocenters. The Labute approximate surface area is 210 Å². The van der Waals surface area contributed by atoms with Gasteiger partial charge in [-0.15, -0.1) is 0 Å². The van der Waals surface area contributed by atoms with Gasteiger partial charge in [0.05, 0.1) is 17.2 Å². The van der Waals surface area contributed by atoms with Crippen LogP contribution >= 0.6 is 11.8 Å². The van der Waals surface area contributed by atoms with Crippen LogP contribution in [-0.4, -0.2) is 65.6 Å². The molecule has 0 amide bonds. The van der Waals surface area contributed by atoms with Gasteiger partial charge in [-0.05, 0) is 31.2 Å². The summed E-state index contributed by atoms with van der Waals surface area (Å²) in [5.74, 6) is 2.80.